The molecule has 1 N–H and O–H groups in total. The number of rotatable bonds is 8. The van der Waals surface area contributed by atoms with Crippen molar-refractivity contribution >= 4 is 40.8 Å². The molecule has 0 aliphatic heterocycles. The zero-order valence-corrected chi connectivity index (χ0v) is 15.8. The van der Waals surface area contributed by atoms with Crippen molar-refractivity contribution in [3.8, 4) is 5.75 Å². The Bertz CT molecular complexity index is 763. The van der Waals surface area contributed by atoms with Crippen LogP contribution in [0.5, 0.6) is 5.75 Å². The van der Waals surface area contributed by atoms with E-state index in [0.717, 1.165) is 0 Å². The van der Waals surface area contributed by atoms with Gasteiger partial charge in [0, 0.05) is 17.1 Å². The lowest BCUT2D eigenvalue weighted by Crippen LogP contribution is -2.13. The van der Waals surface area contributed by atoms with Gasteiger partial charge in [-0.3, -0.25) is 4.79 Å². The predicted molar refractivity (Wildman–Crippen MR) is 102 cm³/mol. The molecule has 2 aromatic carbocycles. The van der Waals surface area contributed by atoms with Gasteiger partial charge in [-0.1, -0.05) is 23.2 Å². The van der Waals surface area contributed by atoms with E-state index in [9.17, 15) is 9.59 Å². The van der Waals surface area contributed by atoms with Crippen LogP contribution in [0.15, 0.2) is 42.5 Å². The van der Waals surface area contributed by atoms with Gasteiger partial charge in [0.05, 0.1) is 23.8 Å². The number of carbonyl (C=O) groups is 2. The molecule has 2 aromatic rings. The number of hydrogen-bond donors (Lipinski definition) is 1. The zero-order valence-electron chi connectivity index (χ0n) is 14.3. The van der Waals surface area contributed by atoms with Crippen LogP contribution in [0.3, 0.4) is 0 Å². The number of carbonyl (C=O) groups excluding carboxylic acids is 2. The van der Waals surface area contributed by atoms with Gasteiger partial charge in [0.1, 0.15) is 5.75 Å². The summed E-state index contributed by atoms with van der Waals surface area (Å²) in [6, 6.07) is 11.7. The largest absolute Gasteiger partial charge is 0.494 e. The van der Waals surface area contributed by atoms with Gasteiger partial charge in [0.2, 0.25) is 5.91 Å². The van der Waals surface area contributed by atoms with Gasteiger partial charge in [-0.2, -0.15) is 0 Å². The molecule has 0 saturated heterocycles. The predicted octanol–water partition coefficient (Wildman–Crippen LogP) is 4.97. The summed E-state index contributed by atoms with van der Waals surface area (Å²) in [5, 5.41) is 3.61. The van der Waals surface area contributed by atoms with E-state index in [1.165, 1.54) is 12.1 Å². The molecule has 7 heteroatoms. The monoisotopic (exact) mass is 395 g/mol. The maximum Gasteiger partial charge on any atom is 0.339 e. The minimum Gasteiger partial charge on any atom is -0.494 e. The van der Waals surface area contributed by atoms with Gasteiger partial charge in [0.25, 0.3) is 0 Å². The van der Waals surface area contributed by atoms with E-state index in [-0.39, 0.29) is 23.1 Å². The molecule has 0 atom stereocenters. The second kappa shape index (κ2) is 10.0. The van der Waals surface area contributed by atoms with Crippen molar-refractivity contribution in [2.75, 3.05) is 18.5 Å². The van der Waals surface area contributed by atoms with E-state index in [1.807, 2.05) is 0 Å². The van der Waals surface area contributed by atoms with Crippen LogP contribution in [0.1, 0.15) is 30.1 Å². The number of amides is 1. The first-order chi connectivity index (χ1) is 12.5. The minimum atomic E-state index is -0.491. The highest BCUT2D eigenvalue weighted by Gasteiger charge is 2.12. The summed E-state index contributed by atoms with van der Waals surface area (Å²) in [6.45, 7) is 2.40. The Hall–Kier alpha value is -2.24. The first-order valence-electron chi connectivity index (χ1n) is 8.14. The average Bonchev–Trinajstić information content (AvgIpc) is 2.60. The molecule has 0 aliphatic carbocycles. The van der Waals surface area contributed by atoms with E-state index in [1.54, 1.807) is 37.3 Å². The quantitative estimate of drug-likeness (QED) is 0.506. The summed E-state index contributed by atoms with van der Waals surface area (Å²) in [7, 11) is 0. The normalized spacial score (nSPS) is 10.3. The highest BCUT2D eigenvalue weighted by Crippen LogP contribution is 2.22. The number of hydrogen-bond acceptors (Lipinski definition) is 4. The van der Waals surface area contributed by atoms with E-state index >= 15 is 0 Å². The van der Waals surface area contributed by atoms with Crippen LogP contribution in [0, 0.1) is 0 Å². The molecule has 0 aromatic heterocycles. The van der Waals surface area contributed by atoms with Gasteiger partial charge in [0.15, 0.2) is 0 Å². The van der Waals surface area contributed by atoms with Crippen molar-refractivity contribution in [2.24, 2.45) is 0 Å². The molecule has 0 aliphatic rings. The third-order valence-electron chi connectivity index (χ3n) is 3.38. The van der Waals surface area contributed by atoms with Crippen LogP contribution in [-0.4, -0.2) is 25.1 Å². The Morgan fingerprint density at radius 3 is 2.46 bits per heavy atom. The van der Waals surface area contributed by atoms with Crippen LogP contribution in [-0.2, 0) is 9.53 Å². The topological polar surface area (TPSA) is 64.6 Å². The van der Waals surface area contributed by atoms with Crippen molar-refractivity contribution in [1.29, 1.82) is 0 Å². The van der Waals surface area contributed by atoms with E-state index < -0.39 is 5.97 Å². The Kier molecular flexibility index (Phi) is 7.75. The van der Waals surface area contributed by atoms with Crippen molar-refractivity contribution in [3.05, 3.63) is 58.1 Å². The number of benzene rings is 2. The SMILES string of the molecule is CCOC(=O)c1ccc(NC(=O)CCCOc2ccc(Cl)cc2)cc1Cl. The third-order valence-corrected chi connectivity index (χ3v) is 3.94. The highest BCUT2D eigenvalue weighted by atomic mass is 35.5. The molecular weight excluding hydrogens is 377 g/mol. The Labute approximate surface area is 162 Å². The van der Waals surface area contributed by atoms with Crippen molar-refractivity contribution < 1.29 is 19.1 Å². The van der Waals surface area contributed by atoms with Gasteiger partial charge in [-0.05, 0) is 55.8 Å². The van der Waals surface area contributed by atoms with Crippen molar-refractivity contribution in [1.82, 2.24) is 0 Å². The van der Waals surface area contributed by atoms with Crippen LogP contribution >= 0.6 is 23.2 Å². The first-order valence-corrected chi connectivity index (χ1v) is 8.90. The van der Waals surface area contributed by atoms with E-state index in [4.69, 9.17) is 32.7 Å². The second-order valence-corrected chi connectivity index (χ2v) is 6.21. The van der Waals surface area contributed by atoms with E-state index in [2.05, 4.69) is 5.32 Å². The molecule has 0 bridgehead atoms. The number of halogens is 2. The second-order valence-electron chi connectivity index (χ2n) is 5.37. The average molecular weight is 396 g/mol. The van der Waals surface area contributed by atoms with Crippen LogP contribution in [0.25, 0.3) is 0 Å². The maximum atomic E-state index is 12.0. The molecule has 0 fully saturated rings. The standard InChI is InChI=1S/C19H19Cl2NO4/c1-2-25-19(24)16-10-7-14(12-17(16)21)22-18(23)4-3-11-26-15-8-5-13(20)6-9-15/h5-10,12H,2-4,11H2,1H3,(H,22,23). The Balaban J connectivity index is 1.77. The van der Waals surface area contributed by atoms with Crippen LogP contribution in [0.2, 0.25) is 10.0 Å². The molecule has 5 nitrogen and oxygen atoms in total. The highest BCUT2D eigenvalue weighted by molar-refractivity contribution is 6.34. The van der Waals surface area contributed by atoms with Gasteiger partial charge >= 0.3 is 5.97 Å². The lowest BCUT2D eigenvalue weighted by Gasteiger charge is -2.09. The Morgan fingerprint density at radius 1 is 1.08 bits per heavy atom. The first kappa shape index (κ1) is 20.1. The number of nitrogens with one attached hydrogen (secondary N) is 1. The van der Waals surface area contributed by atoms with E-state index in [0.29, 0.717) is 35.9 Å². The summed E-state index contributed by atoms with van der Waals surface area (Å²) in [5.41, 5.74) is 0.787. The van der Waals surface area contributed by atoms with Gasteiger partial charge < -0.3 is 14.8 Å². The van der Waals surface area contributed by atoms with Crippen molar-refractivity contribution in [3.63, 3.8) is 0 Å². The van der Waals surface area contributed by atoms with Gasteiger partial charge in [-0.25, -0.2) is 4.79 Å². The van der Waals surface area contributed by atoms with Crippen LogP contribution < -0.4 is 10.1 Å². The summed E-state index contributed by atoms with van der Waals surface area (Å²) in [4.78, 5) is 23.7. The summed E-state index contributed by atoms with van der Waals surface area (Å²) >= 11 is 11.9. The molecule has 2 rings (SSSR count). The maximum absolute atomic E-state index is 12.0. The number of anilines is 1. The number of ether oxygens (including phenoxy) is 2. The zero-order chi connectivity index (χ0) is 18.9. The summed E-state index contributed by atoms with van der Waals surface area (Å²) in [6.07, 6.45) is 0.855. The van der Waals surface area contributed by atoms with Crippen molar-refractivity contribution in [2.45, 2.75) is 19.8 Å². The lowest BCUT2D eigenvalue weighted by molar-refractivity contribution is -0.116. The molecule has 138 valence electrons. The molecule has 26 heavy (non-hydrogen) atoms. The lowest BCUT2D eigenvalue weighted by atomic mass is 10.2. The van der Waals surface area contributed by atoms with Gasteiger partial charge in [-0.15, -0.1) is 0 Å². The summed E-state index contributed by atoms with van der Waals surface area (Å²) in [5.74, 6) is 0.0514. The fourth-order valence-corrected chi connectivity index (χ4v) is 2.53. The molecule has 0 unspecified atom stereocenters. The molecular formula is C19H19Cl2NO4. The molecule has 0 heterocycles. The summed E-state index contributed by atoms with van der Waals surface area (Å²) < 4.78 is 10.4. The Morgan fingerprint density at radius 2 is 1.81 bits per heavy atom. The fourth-order valence-electron chi connectivity index (χ4n) is 2.14. The molecule has 0 saturated carbocycles. The smallest absolute Gasteiger partial charge is 0.339 e. The fraction of sp³-hybridized carbons (Fsp3) is 0.263. The third kappa shape index (κ3) is 6.24. The molecule has 1 amide bonds. The molecule has 0 spiro atoms. The number of esters is 1. The minimum absolute atomic E-state index is 0.162. The van der Waals surface area contributed by atoms with Crippen LogP contribution in [0.4, 0.5) is 5.69 Å². The molecule has 0 radical (unpaired) electrons.